The van der Waals surface area contributed by atoms with Crippen LogP contribution in [0.2, 0.25) is 5.15 Å². The molecular formula is C16H14ClF2NO. The first-order valence-electron chi connectivity index (χ1n) is 6.75. The Kier molecular flexibility index (Phi) is 3.57. The molecule has 1 atom stereocenters. The fourth-order valence-electron chi connectivity index (χ4n) is 2.63. The van der Waals surface area contributed by atoms with Crippen molar-refractivity contribution in [2.24, 2.45) is 0 Å². The zero-order valence-electron chi connectivity index (χ0n) is 11.5. The first kappa shape index (κ1) is 14.3. The highest BCUT2D eigenvalue weighted by Crippen LogP contribution is 2.46. The fraction of sp³-hybridized carbons (Fsp3) is 0.312. The first-order chi connectivity index (χ1) is 10.1. The summed E-state index contributed by atoms with van der Waals surface area (Å²) >= 11 is 6.09. The smallest absolute Gasteiger partial charge is 0.149 e. The summed E-state index contributed by atoms with van der Waals surface area (Å²) in [5, 5.41) is 0.282. The lowest BCUT2D eigenvalue weighted by atomic mass is 9.81. The summed E-state index contributed by atoms with van der Waals surface area (Å²) in [6, 6.07) is 7.58. The van der Waals surface area contributed by atoms with Crippen molar-refractivity contribution in [3.05, 3.63) is 46.9 Å². The van der Waals surface area contributed by atoms with E-state index in [0.29, 0.717) is 23.4 Å². The van der Waals surface area contributed by atoms with Crippen molar-refractivity contribution in [3.8, 4) is 17.0 Å². The molecule has 1 unspecified atom stereocenters. The van der Waals surface area contributed by atoms with Crippen molar-refractivity contribution in [2.45, 2.75) is 18.8 Å². The topological polar surface area (TPSA) is 22.1 Å². The van der Waals surface area contributed by atoms with Crippen LogP contribution in [0.3, 0.4) is 0 Å². The summed E-state index contributed by atoms with van der Waals surface area (Å²) in [6.45, 7) is 1.68. The van der Waals surface area contributed by atoms with Crippen molar-refractivity contribution in [2.75, 3.05) is 13.3 Å². The Morgan fingerprint density at radius 2 is 2.05 bits per heavy atom. The number of alkyl halides is 1. The predicted molar refractivity (Wildman–Crippen MR) is 78.1 cm³/mol. The van der Waals surface area contributed by atoms with Gasteiger partial charge in [0, 0.05) is 11.1 Å². The summed E-state index contributed by atoms with van der Waals surface area (Å²) in [5.74, 6) is 0.218. The zero-order chi connectivity index (χ0) is 15.0. The van der Waals surface area contributed by atoms with Crippen LogP contribution in [-0.2, 0) is 5.41 Å². The zero-order valence-corrected chi connectivity index (χ0v) is 12.3. The summed E-state index contributed by atoms with van der Waals surface area (Å²) in [4.78, 5) is 4.27. The molecule has 1 aromatic carbocycles. The van der Waals surface area contributed by atoms with Crippen molar-refractivity contribution < 1.29 is 13.5 Å². The molecule has 110 valence electrons. The quantitative estimate of drug-likeness (QED) is 0.776. The van der Waals surface area contributed by atoms with Crippen molar-refractivity contribution >= 4 is 11.6 Å². The Balaban J connectivity index is 2.19. The molecule has 2 heterocycles. The lowest BCUT2D eigenvalue weighted by Crippen LogP contribution is -2.29. The third-order valence-corrected chi connectivity index (χ3v) is 4.25. The third kappa shape index (κ3) is 2.27. The van der Waals surface area contributed by atoms with Crippen LogP contribution in [0.15, 0.2) is 30.3 Å². The van der Waals surface area contributed by atoms with Gasteiger partial charge < -0.3 is 4.74 Å². The molecule has 0 aliphatic carbocycles. The van der Waals surface area contributed by atoms with Crippen molar-refractivity contribution in [1.29, 1.82) is 0 Å². The maximum absolute atomic E-state index is 13.6. The van der Waals surface area contributed by atoms with Crippen molar-refractivity contribution in [3.63, 3.8) is 0 Å². The summed E-state index contributed by atoms with van der Waals surface area (Å²) < 4.78 is 32.3. The predicted octanol–water partition coefficient (Wildman–Crippen LogP) is 4.55. The van der Waals surface area contributed by atoms with Gasteiger partial charge in [0.05, 0.1) is 5.41 Å². The number of fused-ring (bicyclic) bond motifs is 1. The molecule has 1 aliphatic rings. The molecule has 2 aromatic rings. The molecule has 0 fully saturated rings. The monoisotopic (exact) mass is 309 g/mol. The van der Waals surface area contributed by atoms with E-state index in [1.807, 2.05) is 6.92 Å². The van der Waals surface area contributed by atoms with Gasteiger partial charge in [0.1, 0.15) is 35.7 Å². The van der Waals surface area contributed by atoms with Crippen molar-refractivity contribution in [1.82, 2.24) is 4.98 Å². The minimum absolute atomic E-state index is 0.269. The summed E-state index contributed by atoms with van der Waals surface area (Å²) in [5.41, 5.74) is 1.30. The molecule has 5 heteroatoms. The largest absolute Gasteiger partial charge is 0.490 e. The number of rotatable bonds is 3. The molecule has 0 bridgehead atoms. The fourth-order valence-corrected chi connectivity index (χ4v) is 2.82. The van der Waals surface area contributed by atoms with Crippen LogP contribution >= 0.6 is 11.6 Å². The second kappa shape index (κ2) is 5.26. The average Bonchev–Trinajstić information content (AvgIpc) is 2.86. The number of hydrogen-bond acceptors (Lipinski definition) is 2. The minimum atomic E-state index is -0.670. The van der Waals surface area contributed by atoms with Gasteiger partial charge in [0.25, 0.3) is 0 Å². The van der Waals surface area contributed by atoms with Crippen LogP contribution in [0, 0.1) is 5.82 Å². The average molecular weight is 310 g/mol. The highest BCUT2D eigenvalue weighted by molar-refractivity contribution is 6.29. The van der Waals surface area contributed by atoms with Gasteiger partial charge in [0.2, 0.25) is 0 Å². The van der Waals surface area contributed by atoms with E-state index in [-0.39, 0.29) is 17.6 Å². The maximum atomic E-state index is 13.6. The molecule has 0 saturated carbocycles. The van der Waals surface area contributed by atoms with E-state index in [9.17, 15) is 8.78 Å². The number of hydrogen-bond donors (Lipinski definition) is 0. The molecule has 3 rings (SSSR count). The van der Waals surface area contributed by atoms with Crippen LogP contribution in [0.4, 0.5) is 8.78 Å². The number of nitrogens with zero attached hydrogens (tertiary/aromatic N) is 1. The van der Waals surface area contributed by atoms with E-state index in [1.165, 1.54) is 12.1 Å². The van der Waals surface area contributed by atoms with Gasteiger partial charge in [-0.2, -0.15) is 0 Å². The second-order valence-electron chi connectivity index (χ2n) is 5.23. The number of pyridine rings is 1. The van der Waals surface area contributed by atoms with Crippen LogP contribution in [0.25, 0.3) is 11.3 Å². The highest BCUT2D eigenvalue weighted by atomic mass is 35.5. The van der Waals surface area contributed by atoms with Crippen LogP contribution in [0.1, 0.15) is 18.9 Å². The second-order valence-corrected chi connectivity index (χ2v) is 5.62. The molecule has 0 amide bonds. The Labute approximate surface area is 126 Å². The lowest BCUT2D eigenvalue weighted by Gasteiger charge is -2.22. The summed E-state index contributed by atoms with van der Waals surface area (Å²) in [6.07, 6.45) is 0.611. The first-order valence-corrected chi connectivity index (χ1v) is 7.13. The normalized spacial score (nSPS) is 20.2. The SMILES string of the molecule is CCC1(CF)COc2c1cc(Cl)nc2-c1ccc(F)cc1. The van der Waals surface area contributed by atoms with Gasteiger partial charge in [-0.15, -0.1) is 0 Å². The lowest BCUT2D eigenvalue weighted by molar-refractivity contribution is 0.217. The Morgan fingerprint density at radius 1 is 1.33 bits per heavy atom. The van der Waals surface area contributed by atoms with Gasteiger partial charge in [-0.3, -0.25) is 0 Å². The van der Waals surface area contributed by atoms with Gasteiger partial charge in [0.15, 0.2) is 0 Å². The minimum Gasteiger partial charge on any atom is -0.490 e. The Morgan fingerprint density at radius 3 is 2.67 bits per heavy atom. The van der Waals surface area contributed by atoms with E-state index in [4.69, 9.17) is 16.3 Å². The van der Waals surface area contributed by atoms with Gasteiger partial charge in [-0.05, 0) is 36.8 Å². The van der Waals surface area contributed by atoms with E-state index in [1.54, 1.807) is 18.2 Å². The molecule has 2 nitrogen and oxygen atoms in total. The van der Waals surface area contributed by atoms with Crippen LogP contribution < -0.4 is 4.74 Å². The van der Waals surface area contributed by atoms with E-state index < -0.39 is 12.1 Å². The van der Waals surface area contributed by atoms with Crippen LogP contribution in [0.5, 0.6) is 5.75 Å². The maximum Gasteiger partial charge on any atom is 0.149 e. The molecule has 1 aliphatic heterocycles. The Hall–Kier alpha value is -1.68. The molecule has 0 N–H and O–H groups in total. The number of ether oxygens (including phenoxy) is 1. The highest BCUT2D eigenvalue weighted by Gasteiger charge is 2.41. The molecule has 21 heavy (non-hydrogen) atoms. The molecule has 0 radical (unpaired) electrons. The molecular weight excluding hydrogens is 296 g/mol. The summed E-state index contributed by atoms with van der Waals surface area (Å²) in [7, 11) is 0. The number of halogens is 3. The van der Waals surface area contributed by atoms with E-state index in [2.05, 4.69) is 4.98 Å². The molecule has 0 spiro atoms. The standard InChI is InChI=1S/C16H14ClF2NO/c1-2-16(8-18)9-21-15-12(16)7-13(17)20-14(15)10-3-5-11(19)6-4-10/h3-7H,2,8-9H2,1H3. The van der Waals surface area contributed by atoms with E-state index >= 15 is 0 Å². The van der Waals surface area contributed by atoms with Crippen LogP contribution in [-0.4, -0.2) is 18.3 Å². The molecule has 1 aromatic heterocycles. The van der Waals surface area contributed by atoms with Gasteiger partial charge >= 0.3 is 0 Å². The Bertz CT molecular complexity index is 669. The number of benzene rings is 1. The third-order valence-electron chi connectivity index (χ3n) is 4.06. The molecule has 0 saturated heterocycles. The van der Waals surface area contributed by atoms with E-state index in [0.717, 1.165) is 5.56 Å². The van der Waals surface area contributed by atoms with Gasteiger partial charge in [-0.25, -0.2) is 13.8 Å². The number of aromatic nitrogens is 1. The van der Waals surface area contributed by atoms with Gasteiger partial charge in [-0.1, -0.05) is 18.5 Å².